The normalized spacial score (nSPS) is 21.3. The van der Waals surface area contributed by atoms with E-state index in [2.05, 4.69) is 5.16 Å². The Kier molecular flexibility index (Phi) is 7.58. The van der Waals surface area contributed by atoms with Gasteiger partial charge in [-0.2, -0.15) is 0 Å². The van der Waals surface area contributed by atoms with Gasteiger partial charge in [0.2, 0.25) is 11.7 Å². The minimum atomic E-state index is -0.189. The van der Waals surface area contributed by atoms with Crippen LogP contribution in [-0.2, 0) is 4.79 Å². The number of aromatic nitrogens is 1. The number of rotatable bonds is 6. The van der Waals surface area contributed by atoms with Gasteiger partial charge in [-0.3, -0.25) is 9.59 Å². The highest BCUT2D eigenvalue weighted by atomic mass is 35.5. The molecule has 0 aliphatic carbocycles. The molecule has 2 aliphatic rings. The second-order valence-corrected chi connectivity index (χ2v) is 9.77. The standard InChI is InChI=1S/C25H32ClN3O4/c1-17(2)21-15-23(33-27-21)25(31)29-12-9-22(32-20-8-6-7-19(26)14-20)18(16-29)13-24(30)28-10-4-3-5-11-28/h6-8,14-15,17-18,22H,3-5,9-13,16H2,1-2H3/t18-,22-/m0/s1. The van der Waals surface area contributed by atoms with Gasteiger partial charge >= 0.3 is 0 Å². The largest absolute Gasteiger partial charge is 0.490 e. The summed E-state index contributed by atoms with van der Waals surface area (Å²) in [4.78, 5) is 29.9. The van der Waals surface area contributed by atoms with E-state index >= 15 is 0 Å². The number of hydrogen-bond donors (Lipinski definition) is 0. The smallest absolute Gasteiger partial charge is 0.292 e. The molecule has 2 atom stereocenters. The van der Waals surface area contributed by atoms with Crippen molar-refractivity contribution in [3.63, 3.8) is 0 Å². The Bertz CT molecular complexity index is 970. The molecule has 2 saturated heterocycles. The lowest BCUT2D eigenvalue weighted by atomic mass is 9.90. The Hall–Kier alpha value is -2.54. The van der Waals surface area contributed by atoms with Crippen molar-refractivity contribution in [2.75, 3.05) is 26.2 Å². The summed E-state index contributed by atoms with van der Waals surface area (Å²) in [6.45, 7) is 6.59. The number of hydrogen-bond acceptors (Lipinski definition) is 5. The van der Waals surface area contributed by atoms with Crippen LogP contribution in [0.25, 0.3) is 0 Å². The lowest BCUT2D eigenvalue weighted by Crippen LogP contribution is -2.49. The molecular formula is C25H32ClN3O4. The SMILES string of the molecule is CC(C)c1cc(C(=O)N2CC[C@H](Oc3cccc(Cl)c3)[C@@H](CC(=O)N3CCCCC3)C2)on1. The van der Waals surface area contributed by atoms with Gasteiger partial charge in [0.1, 0.15) is 11.9 Å². The Morgan fingerprint density at radius 1 is 1.15 bits per heavy atom. The van der Waals surface area contributed by atoms with Gasteiger partial charge in [-0.05, 0) is 43.4 Å². The lowest BCUT2D eigenvalue weighted by Gasteiger charge is -2.39. The summed E-state index contributed by atoms with van der Waals surface area (Å²) >= 11 is 6.13. The molecule has 0 bridgehead atoms. The van der Waals surface area contributed by atoms with Gasteiger partial charge in [0.25, 0.3) is 5.91 Å². The van der Waals surface area contributed by atoms with Crippen LogP contribution in [0.3, 0.4) is 0 Å². The van der Waals surface area contributed by atoms with Crippen LogP contribution in [-0.4, -0.2) is 59.1 Å². The van der Waals surface area contributed by atoms with Gasteiger partial charge in [-0.15, -0.1) is 0 Å². The highest BCUT2D eigenvalue weighted by Gasteiger charge is 2.36. The van der Waals surface area contributed by atoms with Gasteiger partial charge in [-0.25, -0.2) is 0 Å². The molecule has 0 radical (unpaired) electrons. The molecule has 2 fully saturated rings. The van der Waals surface area contributed by atoms with Crippen molar-refractivity contribution in [2.24, 2.45) is 5.92 Å². The fourth-order valence-electron chi connectivity index (χ4n) is 4.58. The van der Waals surface area contributed by atoms with Crippen LogP contribution in [0, 0.1) is 5.92 Å². The zero-order chi connectivity index (χ0) is 23.4. The first-order valence-electron chi connectivity index (χ1n) is 11.9. The predicted octanol–water partition coefficient (Wildman–Crippen LogP) is 4.76. The van der Waals surface area contributed by atoms with Crippen LogP contribution in [0.4, 0.5) is 0 Å². The quantitative estimate of drug-likeness (QED) is 0.604. The average Bonchev–Trinajstić information content (AvgIpc) is 3.31. The van der Waals surface area contributed by atoms with Crippen molar-refractivity contribution in [3.8, 4) is 5.75 Å². The first-order chi connectivity index (χ1) is 15.9. The van der Waals surface area contributed by atoms with Crippen molar-refractivity contribution in [1.82, 2.24) is 15.0 Å². The molecule has 1 aromatic carbocycles. The maximum Gasteiger partial charge on any atom is 0.292 e. The Morgan fingerprint density at radius 3 is 2.64 bits per heavy atom. The number of carbonyl (C=O) groups excluding carboxylic acids is 2. The van der Waals surface area contributed by atoms with E-state index in [0.29, 0.717) is 36.7 Å². The summed E-state index contributed by atoms with van der Waals surface area (Å²) in [6.07, 6.45) is 4.07. The van der Waals surface area contributed by atoms with E-state index in [1.165, 1.54) is 6.42 Å². The van der Waals surface area contributed by atoms with Crippen molar-refractivity contribution in [2.45, 2.75) is 58.0 Å². The second-order valence-electron chi connectivity index (χ2n) is 9.33. The maximum atomic E-state index is 13.1. The highest BCUT2D eigenvalue weighted by Crippen LogP contribution is 2.29. The van der Waals surface area contributed by atoms with E-state index in [1.54, 1.807) is 23.1 Å². The van der Waals surface area contributed by atoms with E-state index in [-0.39, 0.29) is 35.5 Å². The molecule has 7 nitrogen and oxygen atoms in total. The maximum absolute atomic E-state index is 13.1. The third-order valence-corrected chi connectivity index (χ3v) is 6.75. The monoisotopic (exact) mass is 473 g/mol. The number of ether oxygens (including phenoxy) is 1. The molecule has 2 aliphatic heterocycles. The summed E-state index contributed by atoms with van der Waals surface area (Å²) in [5.74, 6) is 0.931. The summed E-state index contributed by atoms with van der Waals surface area (Å²) in [7, 11) is 0. The molecule has 0 saturated carbocycles. The van der Waals surface area contributed by atoms with Gasteiger partial charge in [-0.1, -0.05) is 36.7 Å². The average molecular weight is 474 g/mol. The van der Waals surface area contributed by atoms with E-state index in [4.69, 9.17) is 20.9 Å². The molecular weight excluding hydrogens is 442 g/mol. The number of amides is 2. The van der Waals surface area contributed by atoms with E-state index < -0.39 is 0 Å². The number of likely N-dealkylation sites (tertiary alicyclic amines) is 2. The molecule has 3 heterocycles. The highest BCUT2D eigenvalue weighted by molar-refractivity contribution is 6.30. The van der Waals surface area contributed by atoms with Crippen LogP contribution >= 0.6 is 11.6 Å². The van der Waals surface area contributed by atoms with Gasteiger partial charge in [0.05, 0.1) is 5.69 Å². The number of carbonyl (C=O) groups is 2. The molecule has 0 spiro atoms. The van der Waals surface area contributed by atoms with E-state index in [9.17, 15) is 9.59 Å². The molecule has 0 unspecified atom stereocenters. The molecule has 8 heteroatoms. The minimum Gasteiger partial charge on any atom is -0.490 e. The summed E-state index contributed by atoms with van der Waals surface area (Å²) in [5, 5.41) is 4.62. The third kappa shape index (κ3) is 5.88. The first-order valence-corrected chi connectivity index (χ1v) is 12.2. The Labute approximate surface area is 200 Å². The van der Waals surface area contributed by atoms with Crippen molar-refractivity contribution < 1.29 is 18.8 Å². The fraction of sp³-hybridized carbons (Fsp3) is 0.560. The molecule has 1 aromatic heterocycles. The van der Waals surface area contributed by atoms with Crippen LogP contribution in [0.2, 0.25) is 5.02 Å². The Balaban J connectivity index is 1.48. The second kappa shape index (κ2) is 10.6. The van der Waals surface area contributed by atoms with E-state index in [1.807, 2.05) is 30.9 Å². The first kappa shape index (κ1) is 23.6. The van der Waals surface area contributed by atoms with Crippen molar-refractivity contribution in [3.05, 3.63) is 46.8 Å². The van der Waals surface area contributed by atoms with Gasteiger partial charge < -0.3 is 19.1 Å². The molecule has 4 rings (SSSR count). The van der Waals surface area contributed by atoms with Crippen LogP contribution in [0.1, 0.15) is 68.1 Å². The zero-order valence-electron chi connectivity index (χ0n) is 19.3. The van der Waals surface area contributed by atoms with Gasteiger partial charge in [0.15, 0.2) is 0 Å². The number of nitrogens with zero attached hydrogens (tertiary/aromatic N) is 3. The van der Waals surface area contributed by atoms with E-state index in [0.717, 1.165) is 31.6 Å². The van der Waals surface area contributed by atoms with Crippen molar-refractivity contribution >= 4 is 23.4 Å². The zero-order valence-corrected chi connectivity index (χ0v) is 20.1. The topological polar surface area (TPSA) is 75.9 Å². The summed E-state index contributed by atoms with van der Waals surface area (Å²) in [6, 6.07) is 9.02. The number of benzene rings is 1. The minimum absolute atomic E-state index is 0.122. The number of piperidine rings is 2. The molecule has 33 heavy (non-hydrogen) atoms. The Morgan fingerprint density at radius 2 is 1.94 bits per heavy atom. The van der Waals surface area contributed by atoms with Crippen molar-refractivity contribution in [1.29, 1.82) is 0 Å². The summed E-state index contributed by atoms with van der Waals surface area (Å²) in [5.41, 5.74) is 0.759. The predicted molar refractivity (Wildman–Crippen MR) is 126 cm³/mol. The third-order valence-electron chi connectivity index (χ3n) is 6.51. The number of halogens is 1. The molecule has 2 aromatic rings. The molecule has 178 valence electrons. The fourth-order valence-corrected chi connectivity index (χ4v) is 4.76. The van der Waals surface area contributed by atoms with Gasteiger partial charge in [0, 0.05) is 56.0 Å². The van der Waals surface area contributed by atoms with Crippen LogP contribution in [0.5, 0.6) is 5.75 Å². The summed E-state index contributed by atoms with van der Waals surface area (Å²) < 4.78 is 11.6. The lowest BCUT2D eigenvalue weighted by molar-refractivity contribution is -0.134. The molecule has 2 amide bonds. The van der Waals surface area contributed by atoms with Crippen LogP contribution < -0.4 is 4.74 Å². The molecule has 0 N–H and O–H groups in total. The van der Waals surface area contributed by atoms with Crippen LogP contribution in [0.15, 0.2) is 34.9 Å².